The number of nitrogens with zero attached hydrogens (tertiary/aromatic N) is 3. The number of pyridine rings is 1. The molecular weight excluding hydrogens is 329 g/mol. The molecule has 1 amide bonds. The van der Waals surface area contributed by atoms with Crippen molar-refractivity contribution in [3.05, 3.63) is 23.7 Å². The molecule has 1 N–H and O–H groups in total. The molecule has 0 aliphatic carbocycles. The maximum absolute atomic E-state index is 12.8. The summed E-state index contributed by atoms with van der Waals surface area (Å²) < 4.78 is 40.0. The smallest absolute Gasteiger partial charge is 0.346 e. The van der Waals surface area contributed by atoms with Gasteiger partial charge in [0.15, 0.2) is 5.65 Å². The summed E-state index contributed by atoms with van der Waals surface area (Å²) in [6.07, 6.45) is -3.67. The highest BCUT2D eigenvalue weighted by Crippen LogP contribution is 2.31. The van der Waals surface area contributed by atoms with E-state index in [0.29, 0.717) is 17.2 Å². The first kappa shape index (κ1) is 17.6. The van der Waals surface area contributed by atoms with Gasteiger partial charge in [0.05, 0.1) is 11.6 Å². The van der Waals surface area contributed by atoms with Crippen LogP contribution in [0.1, 0.15) is 31.3 Å². The first-order chi connectivity index (χ1) is 10.7. The number of thioether (sulfide) groups is 1. The standard InChI is InChI=1S/C14H17F3N4OS/c1-4-23-7-11(19-8(2)22)13-20-10-5-9(14(15,16)17)6-18-12(10)21(13)3/h5-6,11H,4,7H2,1-3H3,(H,19,22)/t11-/m0/s1. The van der Waals surface area contributed by atoms with E-state index in [1.54, 1.807) is 23.4 Å². The second-order valence-electron chi connectivity index (χ2n) is 5.01. The average molecular weight is 346 g/mol. The van der Waals surface area contributed by atoms with Crippen molar-refractivity contribution in [1.82, 2.24) is 19.9 Å². The summed E-state index contributed by atoms with van der Waals surface area (Å²) in [7, 11) is 1.68. The molecule has 2 rings (SSSR count). The van der Waals surface area contributed by atoms with E-state index in [9.17, 15) is 18.0 Å². The molecule has 0 aliphatic rings. The zero-order valence-corrected chi connectivity index (χ0v) is 13.8. The molecule has 0 aliphatic heterocycles. The van der Waals surface area contributed by atoms with Gasteiger partial charge in [-0.05, 0) is 11.8 Å². The molecule has 0 unspecified atom stereocenters. The fourth-order valence-corrected chi connectivity index (χ4v) is 2.93. The van der Waals surface area contributed by atoms with Gasteiger partial charge in [-0.25, -0.2) is 9.97 Å². The third-order valence-corrected chi connectivity index (χ3v) is 4.23. The highest BCUT2D eigenvalue weighted by atomic mass is 32.2. The fraction of sp³-hybridized carbons (Fsp3) is 0.500. The third-order valence-electron chi connectivity index (χ3n) is 3.25. The Labute approximate surface area is 135 Å². The van der Waals surface area contributed by atoms with Crippen LogP contribution < -0.4 is 5.32 Å². The minimum Gasteiger partial charge on any atom is -0.346 e. The van der Waals surface area contributed by atoms with E-state index in [2.05, 4.69) is 15.3 Å². The Bertz CT molecular complexity index is 714. The molecule has 0 saturated heterocycles. The Morgan fingerprint density at radius 3 is 2.74 bits per heavy atom. The highest BCUT2D eigenvalue weighted by Gasteiger charge is 2.32. The van der Waals surface area contributed by atoms with Gasteiger partial charge in [-0.1, -0.05) is 6.92 Å². The van der Waals surface area contributed by atoms with Crippen molar-refractivity contribution in [1.29, 1.82) is 0 Å². The number of nitrogens with one attached hydrogen (secondary N) is 1. The summed E-state index contributed by atoms with van der Waals surface area (Å²) in [5, 5.41) is 2.78. The molecule has 0 radical (unpaired) electrons. The Hall–Kier alpha value is -1.77. The number of aryl methyl sites for hydroxylation is 1. The molecule has 0 fully saturated rings. The summed E-state index contributed by atoms with van der Waals surface area (Å²) in [6.45, 7) is 3.38. The Balaban J connectivity index is 2.46. The zero-order valence-electron chi connectivity index (χ0n) is 12.9. The summed E-state index contributed by atoms with van der Waals surface area (Å²) in [4.78, 5) is 19.5. The van der Waals surface area contributed by atoms with Crippen LogP contribution in [0.4, 0.5) is 13.2 Å². The van der Waals surface area contributed by atoms with Gasteiger partial charge in [-0.15, -0.1) is 0 Å². The number of carbonyl (C=O) groups is 1. The largest absolute Gasteiger partial charge is 0.417 e. The molecule has 1 atom stereocenters. The van der Waals surface area contributed by atoms with Crippen LogP contribution in [-0.4, -0.2) is 31.9 Å². The number of aromatic nitrogens is 3. The Morgan fingerprint density at radius 1 is 1.48 bits per heavy atom. The molecular formula is C14H17F3N4OS. The van der Waals surface area contributed by atoms with Gasteiger partial charge >= 0.3 is 6.18 Å². The van der Waals surface area contributed by atoms with Gasteiger partial charge in [0, 0.05) is 25.9 Å². The lowest BCUT2D eigenvalue weighted by Crippen LogP contribution is -2.30. The van der Waals surface area contributed by atoms with Gasteiger partial charge in [0.1, 0.15) is 11.3 Å². The van der Waals surface area contributed by atoms with Gasteiger partial charge in [0.2, 0.25) is 5.91 Å². The molecule has 9 heteroatoms. The van der Waals surface area contributed by atoms with Gasteiger partial charge in [-0.3, -0.25) is 4.79 Å². The SMILES string of the molecule is CCSC[C@H](NC(C)=O)c1nc2cc(C(F)(F)F)cnc2n1C. The molecule has 2 aromatic heterocycles. The van der Waals surface area contributed by atoms with Crippen LogP contribution in [0.25, 0.3) is 11.2 Å². The minimum atomic E-state index is -4.46. The lowest BCUT2D eigenvalue weighted by molar-refractivity contribution is -0.137. The first-order valence-electron chi connectivity index (χ1n) is 6.98. The van der Waals surface area contributed by atoms with Crippen LogP contribution in [0.2, 0.25) is 0 Å². The Kier molecular flexibility index (Phi) is 5.18. The van der Waals surface area contributed by atoms with E-state index in [0.717, 1.165) is 18.0 Å². The lowest BCUT2D eigenvalue weighted by Gasteiger charge is -2.16. The Morgan fingerprint density at radius 2 is 2.17 bits per heavy atom. The molecule has 23 heavy (non-hydrogen) atoms. The number of fused-ring (bicyclic) bond motifs is 1. The number of imidazole rings is 1. The van der Waals surface area contributed by atoms with Crippen molar-refractivity contribution >= 4 is 28.8 Å². The molecule has 126 valence electrons. The van der Waals surface area contributed by atoms with Gasteiger partial charge in [0.25, 0.3) is 0 Å². The second kappa shape index (κ2) is 6.77. The zero-order chi connectivity index (χ0) is 17.2. The summed E-state index contributed by atoms with van der Waals surface area (Å²) >= 11 is 1.61. The molecule has 2 heterocycles. The number of rotatable bonds is 5. The predicted molar refractivity (Wildman–Crippen MR) is 83.1 cm³/mol. The number of alkyl halides is 3. The van der Waals surface area contributed by atoms with Crippen molar-refractivity contribution in [2.75, 3.05) is 11.5 Å². The van der Waals surface area contributed by atoms with Crippen molar-refractivity contribution in [2.45, 2.75) is 26.1 Å². The van der Waals surface area contributed by atoms with Crippen molar-refractivity contribution < 1.29 is 18.0 Å². The third kappa shape index (κ3) is 3.95. The number of hydrogen-bond donors (Lipinski definition) is 1. The van der Waals surface area contributed by atoms with Crippen LogP contribution in [0.5, 0.6) is 0 Å². The van der Waals surface area contributed by atoms with E-state index in [1.165, 1.54) is 6.92 Å². The maximum atomic E-state index is 12.8. The van der Waals surface area contributed by atoms with Gasteiger partial charge < -0.3 is 9.88 Å². The van der Waals surface area contributed by atoms with Crippen LogP contribution in [0.15, 0.2) is 12.3 Å². The molecule has 0 aromatic carbocycles. The molecule has 2 aromatic rings. The van der Waals surface area contributed by atoms with Crippen molar-refractivity contribution in [3.8, 4) is 0 Å². The molecule has 5 nitrogen and oxygen atoms in total. The van der Waals surface area contributed by atoms with E-state index < -0.39 is 11.7 Å². The molecule has 0 bridgehead atoms. The topological polar surface area (TPSA) is 59.8 Å². The summed E-state index contributed by atoms with van der Waals surface area (Å²) in [5.74, 6) is 1.71. The van der Waals surface area contributed by atoms with E-state index in [4.69, 9.17) is 0 Å². The summed E-state index contributed by atoms with van der Waals surface area (Å²) in [6, 6.07) is 0.592. The lowest BCUT2D eigenvalue weighted by atomic mass is 10.2. The normalized spacial score (nSPS) is 13.3. The quantitative estimate of drug-likeness (QED) is 0.904. The molecule has 0 spiro atoms. The van der Waals surface area contributed by atoms with E-state index >= 15 is 0 Å². The van der Waals surface area contributed by atoms with E-state index in [-0.39, 0.29) is 17.5 Å². The van der Waals surface area contributed by atoms with Crippen LogP contribution in [0, 0.1) is 0 Å². The fourth-order valence-electron chi connectivity index (χ4n) is 2.22. The monoisotopic (exact) mass is 346 g/mol. The van der Waals surface area contributed by atoms with Crippen LogP contribution in [0.3, 0.4) is 0 Å². The number of amides is 1. The predicted octanol–water partition coefficient (Wildman–Crippen LogP) is 2.92. The van der Waals surface area contributed by atoms with E-state index in [1.807, 2.05) is 6.92 Å². The number of hydrogen-bond acceptors (Lipinski definition) is 4. The second-order valence-corrected chi connectivity index (χ2v) is 6.33. The van der Waals surface area contributed by atoms with Gasteiger partial charge in [-0.2, -0.15) is 24.9 Å². The average Bonchev–Trinajstić information content (AvgIpc) is 2.79. The highest BCUT2D eigenvalue weighted by molar-refractivity contribution is 7.99. The molecule has 0 saturated carbocycles. The minimum absolute atomic E-state index is 0.161. The number of halogens is 3. The number of carbonyl (C=O) groups excluding carboxylic acids is 1. The van der Waals surface area contributed by atoms with Crippen LogP contribution in [-0.2, 0) is 18.0 Å². The first-order valence-corrected chi connectivity index (χ1v) is 8.14. The maximum Gasteiger partial charge on any atom is 0.417 e. The van der Waals surface area contributed by atoms with Crippen molar-refractivity contribution in [2.24, 2.45) is 7.05 Å². The van der Waals surface area contributed by atoms with Crippen molar-refractivity contribution in [3.63, 3.8) is 0 Å². The van der Waals surface area contributed by atoms with Crippen LogP contribution >= 0.6 is 11.8 Å². The summed E-state index contributed by atoms with van der Waals surface area (Å²) in [5.41, 5.74) is -0.326.